The van der Waals surface area contributed by atoms with Crippen molar-refractivity contribution in [3.05, 3.63) is 71.8 Å². The third-order valence-corrected chi connectivity index (χ3v) is 3.80. The smallest absolute Gasteiger partial charge is 0.273 e. The maximum atomic E-state index is 13.0. The van der Waals surface area contributed by atoms with Gasteiger partial charge in [-0.3, -0.25) is 4.79 Å². The van der Waals surface area contributed by atoms with Crippen molar-refractivity contribution in [2.24, 2.45) is 0 Å². The second kappa shape index (κ2) is 8.24. The summed E-state index contributed by atoms with van der Waals surface area (Å²) in [7, 11) is 0. The quantitative estimate of drug-likeness (QED) is 0.663. The van der Waals surface area contributed by atoms with E-state index in [9.17, 15) is 9.18 Å². The van der Waals surface area contributed by atoms with Gasteiger partial charge in [0.05, 0.1) is 18.0 Å². The first-order chi connectivity index (χ1) is 12.6. The average molecular weight is 354 g/mol. The van der Waals surface area contributed by atoms with Gasteiger partial charge in [-0.1, -0.05) is 23.4 Å². The number of hydrogen-bond acceptors (Lipinski definition) is 4. The number of halogens is 1. The molecule has 0 spiro atoms. The van der Waals surface area contributed by atoms with Crippen molar-refractivity contribution in [1.29, 1.82) is 0 Å². The van der Waals surface area contributed by atoms with E-state index in [0.29, 0.717) is 31.0 Å². The number of ether oxygens (including phenoxy) is 1. The summed E-state index contributed by atoms with van der Waals surface area (Å²) in [5.41, 5.74) is 1.49. The molecule has 2 aromatic carbocycles. The summed E-state index contributed by atoms with van der Waals surface area (Å²) in [5, 5.41) is 10.7. The molecule has 0 bridgehead atoms. The van der Waals surface area contributed by atoms with Crippen LogP contribution >= 0.6 is 0 Å². The summed E-state index contributed by atoms with van der Waals surface area (Å²) in [5.74, 6) is 0.176. The molecule has 0 saturated carbocycles. The zero-order valence-corrected chi connectivity index (χ0v) is 14.4. The number of para-hydroxylation sites is 1. The monoisotopic (exact) mass is 354 g/mol. The lowest BCUT2D eigenvalue weighted by Gasteiger charge is -2.07. The van der Waals surface area contributed by atoms with Crippen LogP contribution in [0.1, 0.15) is 22.6 Å². The summed E-state index contributed by atoms with van der Waals surface area (Å²) in [6, 6.07) is 15.3. The van der Waals surface area contributed by atoms with E-state index in [4.69, 9.17) is 4.74 Å². The molecule has 1 aromatic heterocycles. The minimum Gasteiger partial charge on any atom is -0.494 e. The lowest BCUT2D eigenvalue weighted by Crippen LogP contribution is -2.26. The van der Waals surface area contributed by atoms with Crippen LogP contribution in [0.2, 0.25) is 0 Å². The highest BCUT2D eigenvalue weighted by Gasteiger charge is 2.16. The van der Waals surface area contributed by atoms with Gasteiger partial charge in [0.2, 0.25) is 0 Å². The Morgan fingerprint density at radius 2 is 1.88 bits per heavy atom. The predicted molar refractivity (Wildman–Crippen MR) is 94.9 cm³/mol. The van der Waals surface area contributed by atoms with Gasteiger partial charge >= 0.3 is 0 Å². The van der Waals surface area contributed by atoms with E-state index in [1.165, 1.54) is 16.8 Å². The van der Waals surface area contributed by atoms with E-state index in [0.717, 1.165) is 5.75 Å². The van der Waals surface area contributed by atoms with Gasteiger partial charge < -0.3 is 10.1 Å². The van der Waals surface area contributed by atoms with Crippen LogP contribution in [0.5, 0.6) is 5.75 Å². The Morgan fingerprint density at radius 3 is 2.62 bits per heavy atom. The Hall–Kier alpha value is -3.22. The van der Waals surface area contributed by atoms with Crippen molar-refractivity contribution in [3.8, 4) is 11.4 Å². The van der Waals surface area contributed by atoms with Gasteiger partial charge in [0.25, 0.3) is 5.91 Å². The molecule has 134 valence electrons. The van der Waals surface area contributed by atoms with Crippen LogP contribution in [0.15, 0.2) is 54.6 Å². The number of amides is 1. The lowest BCUT2D eigenvalue weighted by molar-refractivity contribution is 0.0946. The van der Waals surface area contributed by atoms with Crippen LogP contribution in [0.3, 0.4) is 0 Å². The molecule has 0 aliphatic carbocycles. The van der Waals surface area contributed by atoms with Gasteiger partial charge in [-0.05, 0) is 49.7 Å². The highest BCUT2D eigenvalue weighted by atomic mass is 19.1. The fourth-order valence-corrected chi connectivity index (χ4v) is 2.43. The molecular formula is C19H19FN4O2. The average Bonchev–Trinajstić information content (AvgIpc) is 3.04. The Kier molecular flexibility index (Phi) is 5.58. The molecule has 3 rings (SSSR count). The molecule has 0 radical (unpaired) electrons. The summed E-state index contributed by atoms with van der Waals surface area (Å²) in [4.78, 5) is 12.3. The van der Waals surface area contributed by atoms with Gasteiger partial charge in [0, 0.05) is 6.54 Å². The molecule has 7 heteroatoms. The third kappa shape index (κ3) is 4.24. The first-order valence-corrected chi connectivity index (χ1v) is 8.29. The van der Waals surface area contributed by atoms with Crippen molar-refractivity contribution in [2.45, 2.75) is 13.3 Å². The number of benzene rings is 2. The summed E-state index contributed by atoms with van der Waals surface area (Å²) < 4.78 is 20.1. The molecule has 0 saturated heterocycles. The molecule has 0 atom stereocenters. The van der Waals surface area contributed by atoms with E-state index in [1.54, 1.807) is 19.1 Å². The zero-order valence-electron chi connectivity index (χ0n) is 14.4. The van der Waals surface area contributed by atoms with Crippen molar-refractivity contribution in [2.75, 3.05) is 13.2 Å². The SMILES string of the molecule is Cc1c(C(=O)NCCCOc2ccccc2)nnn1-c1ccc(F)cc1. The van der Waals surface area contributed by atoms with Crippen LogP contribution in [-0.4, -0.2) is 34.1 Å². The van der Waals surface area contributed by atoms with Crippen molar-refractivity contribution < 1.29 is 13.9 Å². The number of aromatic nitrogens is 3. The number of nitrogens with zero attached hydrogens (tertiary/aromatic N) is 3. The molecule has 0 aliphatic rings. The van der Waals surface area contributed by atoms with Crippen molar-refractivity contribution in [3.63, 3.8) is 0 Å². The van der Waals surface area contributed by atoms with Gasteiger partial charge in [-0.15, -0.1) is 5.10 Å². The summed E-state index contributed by atoms with van der Waals surface area (Å²) >= 11 is 0. The number of rotatable bonds is 7. The van der Waals surface area contributed by atoms with Crippen LogP contribution in [0, 0.1) is 12.7 Å². The van der Waals surface area contributed by atoms with E-state index in [2.05, 4.69) is 15.6 Å². The molecule has 0 aliphatic heterocycles. The molecule has 0 fully saturated rings. The Labute approximate surface area is 150 Å². The van der Waals surface area contributed by atoms with E-state index >= 15 is 0 Å². The maximum Gasteiger partial charge on any atom is 0.273 e. The van der Waals surface area contributed by atoms with Crippen LogP contribution in [-0.2, 0) is 0 Å². The highest BCUT2D eigenvalue weighted by Crippen LogP contribution is 2.13. The first kappa shape index (κ1) is 17.6. The molecule has 6 nitrogen and oxygen atoms in total. The van der Waals surface area contributed by atoms with E-state index < -0.39 is 0 Å². The standard InChI is InChI=1S/C19H19FN4O2/c1-14-18(22-23-24(14)16-10-8-15(20)9-11-16)19(25)21-12-5-13-26-17-6-3-2-4-7-17/h2-4,6-11H,5,12-13H2,1H3,(H,21,25). The zero-order chi connectivity index (χ0) is 18.4. The van der Waals surface area contributed by atoms with Gasteiger partial charge in [-0.2, -0.15) is 0 Å². The molecule has 3 aromatic rings. The highest BCUT2D eigenvalue weighted by molar-refractivity contribution is 5.93. The van der Waals surface area contributed by atoms with Crippen molar-refractivity contribution in [1.82, 2.24) is 20.3 Å². The predicted octanol–water partition coefficient (Wildman–Crippen LogP) is 2.91. The topological polar surface area (TPSA) is 69.0 Å². The van der Waals surface area contributed by atoms with Gasteiger partial charge in [-0.25, -0.2) is 9.07 Å². The molecule has 0 unspecified atom stereocenters. The minimum absolute atomic E-state index is 0.248. The van der Waals surface area contributed by atoms with Crippen LogP contribution in [0.25, 0.3) is 5.69 Å². The molecule has 1 heterocycles. The van der Waals surface area contributed by atoms with Crippen molar-refractivity contribution >= 4 is 5.91 Å². The number of hydrogen-bond donors (Lipinski definition) is 1. The van der Waals surface area contributed by atoms with Crippen LogP contribution in [0.4, 0.5) is 4.39 Å². The molecule has 1 N–H and O–H groups in total. The lowest BCUT2D eigenvalue weighted by atomic mass is 10.2. The number of carbonyl (C=O) groups excluding carboxylic acids is 1. The second-order valence-corrected chi connectivity index (χ2v) is 5.68. The fraction of sp³-hybridized carbons (Fsp3) is 0.211. The normalized spacial score (nSPS) is 10.5. The van der Waals surface area contributed by atoms with E-state index in [1.807, 2.05) is 30.3 Å². The minimum atomic E-state index is -0.331. The Bertz CT molecular complexity index is 863. The van der Waals surface area contributed by atoms with Gasteiger partial charge in [0.15, 0.2) is 5.69 Å². The van der Waals surface area contributed by atoms with E-state index in [-0.39, 0.29) is 17.4 Å². The Balaban J connectivity index is 1.51. The van der Waals surface area contributed by atoms with Crippen LogP contribution < -0.4 is 10.1 Å². The summed E-state index contributed by atoms with van der Waals surface area (Å²) in [6.07, 6.45) is 0.672. The first-order valence-electron chi connectivity index (χ1n) is 8.29. The molecule has 1 amide bonds. The van der Waals surface area contributed by atoms with Gasteiger partial charge in [0.1, 0.15) is 11.6 Å². The second-order valence-electron chi connectivity index (χ2n) is 5.68. The molecular weight excluding hydrogens is 335 g/mol. The largest absolute Gasteiger partial charge is 0.494 e. The number of nitrogens with one attached hydrogen (secondary N) is 1. The summed E-state index contributed by atoms with van der Waals surface area (Å²) in [6.45, 7) is 2.72. The third-order valence-electron chi connectivity index (χ3n) is 3.80. The Morgan fingerprint density at radius 1 is 1.15 bits per heavy atom. The number of carbonyl (C=O) groups is 1. The molecule has 26 heavy (non-hydrogen) atoms. The fourth-order valence-electron chi connectivity index (χ4n) is 2.43. The maximum absolute atomic E-state index is 13.0.